The largest absolute Gasteiger partial charge is 0.497 e. The minimum absolute atomic E-state index is 0.233. The Morgan fingerprint density at radius 1 is 1.18 bits per heavy atom. The molecule has 0 saturated carbocycles. The maximum atomic E-state index is 13.3. The summed E-state index contributed by atoms with van der Waals surface area (Å²) in [4.78, 5) is 46.8. The number of nitrogens with zero attached hydrogens (tertiary/aromatic N) is 4. The van der Waals surface area contributed by atoms with Gasteiger partial charge in [-0.3, -0.25) is 14.6 Å². The van der Waals surface area contributed by atoms with E-state index in [1.807, 2.05) is 26.8 Å². The van der Waals surface area contributed by atoms with Crippen LogP contribution >= 0.6 is 0 Å². The Kier molecular flexibility index (Phi) is 6.07. The first-order valence-electron chi connectivity index (χ1n) is 10.9. The van der Waals surface area contributed by atoms with Gasteiger partial charge in [-0.25, -0.2) is 14.6 Å². The van der Waals surface area contributed by atoms with Crippen molar-refractivity contribution in [1.29, 1.82) is 0 Å². The zero-order chi connectivity index (χ0) is 24.6. The van der Waals surface area contributed by atoms with Crippen LogP contribution in [0.4, 0.5) is 21.2 Å². The Labute approximate surface area is 198 Å². The monoisotopic (exact) mass is 468 g/mol. The summed E-state index contributed by atoms with van der Waals surface area (Å²) in [5, 5.41) is 0. The van der Waals surface area contributed by atoms with Gasteiger partial charge in [0.1, 0.15) is 29.6 Å². The van der Waals surface area contributed by atoms with E-state index < -0.39 is 17.8 Å². The second kappa shape index (κ2) is 8.85. The first kappa shape index (κ1) is 23.3. The summed E-state index contributed by atoms with van der Waals surface area (Å²) in [6.07, 6.45) is -0.921. The van der Waals surface area contributed by atoms with E-state index in [9.17, 15) is 14.4 Å². The Morgan fingerprint density at radius 2 is 1.88 bits per heavy atom. The van der Waals surface area contributed by atoms with Gasteiger partial charge in [-0.2, -0.15) is 0 Å². The lowest BCUT2D eigenvalue weighted by molar-refractivity contribution is 0.0284. The number of pyridine rings is 1. The lowest BCUT2D eigenvalue weighted by atomic mass is 10.0. The molecule has 180 valence electrons. The molecular weight excluding hydrogens is 440 g/mol. The number of ether oxygens (including phenoxy) is 3. The summed E-state index contributed by atoms with van der Waals surface area (Å²) in [7, 11) is 3.18. The first-order chi connectivity index (χ1) is 16.1. The highest BCUT2D eigenvalue weighted by Crippen LogP contribution is 2.34. The molecule has 4 rings (SSSR count). The number of fused-ring (bicyclic) bond motifs is 1. The molecule has 3 amide bonds. The Morgan fingerprint density at radius 3 is 2.50 bits per heavy atom. The van der Waals surface area contributed by atoms with E-state index in [2.05, 4.69) is 4.98 Å². The minimum atomic E-state index is -0.618. The van der Waals surface area contributed by atoms with Crippen LogP contribution in [0.5, 0.6) is 5.75 Å². The highest BCUT2D eigenvalue weighted by molar-refractivity contribution is 6.10. The molecule has 0 radical (unpaired) electrons. The van der Waals surface area contributed by atoms with Crippen LogP contribution < -0.4 is 14.5 Å². The van der Waals surface area contributed by atoms with E-state index in [1.54, 1.807) is 36.2 Å². The van der Waals surface area contributed by atoms with Crippen molar-refractivity contribution in [2.75, 3.05) is 37.1 Å². The number of amides is 3. The number of aromatic nitrogens is 1. The average Bonchev–Trinajstić information content (AvgIpc) is 3.36. The molecule has 10 nitrogen and oxygen atoms in total. The number of rotatable bonds is 5. The van der Waals surface area contributed by atoms with Crippen LogP contribution in [0.15, 0.2) is 30.3 Å². The molecule has 2 aliphatic heterocycles. The maximum absolute atomic E-state index is 13.3. The lowest BCUT2D eigenvalue weighted by Gasteiger charge is -2.25. The van der Waals surface area contributed by atoms with E-state index in [4.69, 9.17) is 14.2 Å². The number of anilines is 2. The SMILES string of the molecule is COc1cc(CN(C)C(=O)OC(C)(C)C)c2c(c1)C(=O)N(c1cccc(N3CCOC3=O)n1)C2. The van der Waals surface area contributed by atoms with Gasteiger partial charge in [0.25, 0.3) is 5.91 Å². The van der Waals surface area contributed by atoms with Gasteiger partial charge in [0, 0.05) is 19.2 Å². The molecule has 34 heavy (non-hydrogen) atoms. The fourth-order valence-electron chi connectivity index (χ4n) is 3.87. The van der Waals surface area contributed by atoms with Gasteiger partial charge in [-0.15, -0.1) is 0 Å². The zero-order valence-electron chi connectivity index (χ0n) is 20.0. The van der Waals surface area contributed by atoms with Crippen molar-refractivity contribution < 1.29 is 28.6 Å². The van der Waals surface area contributed by atoms with Crippen molar-refractivity contribution in [2.45, 2.75) is 39.5 Å². The highest BCUT2D eigenvalue weighted by Gasteiger charge is 2.34. The van der Waals surface area contributed by atoms with Crippen molar-refractivity contribution in [3.05, 3.63) is 47.0 Å². The normalized spacial score (nSPS) is 15.3. The molecular formula is C24H28N4O6. The van der Waals surface area contributed by atoms with Gasteiger partial charge in [0.15, 0.2) is 0 Å². The molecule has 1 aromatic heterocycles. The van der Waals surface area contributed by atoms with Crippen LogP contribution in [0.3, 0.4) is 0 Å². The number of carbonyl (C=O) groups is 3. The first-order valence-corrected chi connectivity index (χ1v) is 10.9. The second-order valence-electron chi connectivity index (χ2n) is 9.16. The highest BCUT2D eigenvalue weighted by atomic mass is 16.6. The molecule has 3 heterocycles. The van der Waals surface area contributed by atoms with Crippen molar-refractivity contribution in [2.24, 2.45) is 0 Å². The minimum Gasteiger partial charge on any atom is -0.497 e. The van der Waals surface area contributed by atoms with Crippen LogP contribution in [-0.4, -0.2) is 60.9 Å². The third kappa shape index (κ3) is 4.61. The van der Waals surface area contributed by atoms with Crippen molar-refractivity contribution >= 4 is 29.7 Å². The molecule has 0 bridgehead atoms. The summed E-state index contributed by atoms with van der Waals surface area (Å²) in [6, 6.07) is 8.68. The van der Waals surface area contributed by atoms with Gasteiger partial charge in [0.05, 0.1) is 20.2 Å². The molecule has 1 fully saturated rings. The van der Waals surface area contributed by atoms with Crippen LogP contribution in [0, 0.1) is 0 Å². The van der Waals surface area contributed by atoms with Crippen molar-refractivity contribution in [3.63, 3.8) is 0 Å². The Hall–Kier alpha value is -3.82. The van der Waals surface area contributed by atoms with Crippen LogP contribution in [0.2, 0.25) is 0 Å². The lowest BCUT2D eigenvalue weighted by Crippen LogP contribution is -2.34. The Bertz CT molecular complexity index is 1140. The van der Waals surface area contributed by atoms with E-state index >= 15 is 0 Å². The van der Waals surface area contributed by atoms with Gasteiger partial charge >= 0.3 is 12.2 Å². The second-order valence-corrected chi connectivity index (χ2v) is 9.16. The number of methoxy groups -OCH3 is 1. The smallest absolute Gasteiger partial charge is 0.415 e. The van der Waals surface area contributed by atoms with Crippen LogP contribution in [0.25, 0.3) is 0 Å². The summed E-state index contributed by atoms with van der Waals surface area (Å²) in [5.41, 5.74) is 1.43. The third-order valence-electron chi connectivity index (χ3n) is 5.49. The van der Waals surface area contributed by atoms with E-state index in [0.29, 0.717) is 36.1 Å². The predicted octanol–water partition coefficient (Wildman–Crippen LogP) is 3.57. The summed E-state index contributed by atoms with van der Waals surface area (Å²) in [6.45, 7) is 6.64. The molecule has 1 aromatic carbocycles. The molecule has 0 N–H and O–H groups in total. The van der Waals surface area contributed by atoms with Gasteiger partial charge in [-0.1, -0.05) is 6.07 Å². The van der Waals surface area contributed by atoms with E-state index in [0.717, 1.165) is 11.1 Å². The average molecular weight is 469 g/mol. The molecule has 10 heteroatoms. The molecule has 0 aliphatic carbocycles. The fourth-order valence-corrected chi connectivity index (χ4v) is 3.87. The van der Waals surface area contributed by atoms with Crippen LogP contribution in [-0.2, 0) is 22.6 Å². The fraction of sp³-hybridized carbons (Fsp3) is 0.417. The number of cyclic esters (lactones) is 1. The summed E-state index contributed by atoms with van der Waals surface area (Å²) >= 11 is 0. The quantitative estimate of drug-likeness (QED) is 0.661. The van der Waals surface area contributed by atoms with E-state index in [-0.39, 0.29) is 19.0 Å². The molecule has 2 aliphatic rings. The van der Waals surface area contributed by atoms with Gasteiger partial charge in [-0.05, 0) is 56.2 Å². The van der Waals surface area contributed by atoms with Crippen molar-refractivity contribution in [1.82, 2.24) is 9.88 Å². The molecule has 0 atom stereocenters. The predicted molar refractivity (Wildman–Crippen MR) is 124 cm³/mol. The molecule has 0 unspecified atom stereocenters. The summed E-state index contributed by atoms with van der Waals surface area (Å²) in [5.74, 6) is 1.13. The maximum Gasteiger partial charge on any atom is 0.415 e. The van der Waals surface area contributed by atoms with Gasteiger partial charge < -0.3 is 19.1 Å². The number of hydrogen-bond donors (Lipinski definition) is 0. The Balaban J connectivity index is 1.62. The zero-order valence-corrected chi connectivity index (χ0v) is 20.0. The summed E-state index contributed by atoms with van der Waals surface area (Å²) < 4.78 is 15.9. The standard InChI is InChI=1S/C24H28N4O6/c1-24(2,3)34-22(30)26(4)13-15-11-16(32-5)12-17-18(15)14-28(21(17)29)20-8-6-7-19(25-20)27-9-10-33-23(27)31/h6-8,11-12H,9-10,13-14H2,1-5H3. The molecule has 1 saturated heterocycles. The van der Waals surface area contributed by atoms with Crippen molar-refractivity contribution in [3.8, 4) is 5.75 Å². The number of benzene rings is 1. The third-order valence-corrected chi connectivity index (χ3v) is 5.49. The van der Waals surface area contributed by atoms with Gasteiger partial charge in [0.2, 0.25) is 0 Å². The number of carbonyl (C=O) groups excluding carboxylic acids is 3. The molecule has 0 spiro atoms. The molecule has 2 aromatic rings. The van der Waals surface area contributed by atoms with Crippen LogP contribution in [0.1, 0.15) is 42.3 Å². The van der Waals surface area contributed by atoms with E-state index in [1.165, 1.54) is 16.9 Å². The topological polar surface area (TPSA) is 102 Å². The number of hydrogen-bond acceptors (Lipinski definition) is 7.